The van der Waals surface area contributed by atoms with E-state index in [1.165, 1.54) is 24.2 Å². The molecule has 1 aromatic carbocycles. The van der Waals surface area contributed by atoms with Crippen LogP contribution in [0.4, 0.5) is 0 Å². The summed E-state index contributed by atoms with van der Waals surface area (Å²) in [6, 6.07) is 11.9. The van der Waals surface area contributed by atoms with Crippen molar-refractivity contribution in [3.63, 3.8) is 0 Å². The van der Waals surface area contributed by atoms with Gasteiger partial charge >= 0.3 is 0 Å². The van der Waals surface area contributed by atoms with Gasteiger partial charge in [0.1, 0.15) is 0 Å². The molecule has 2 N–H and O–H groups in total. The highest BCUT2D eigenvalue weighted by molar-refractivity contribution is 7.12. The lowest BCUT2D eigenvalue weighted by molar-refractivity contribution is 0.0844. The van der Waals surface area contributed by atoms with E-state index < -0.39 is 6.10 Å². The Balaban J connectivity index is 1.64. The van der Waals surface area contributed by atoms with Gasteiger partial charge in [-0.3, -0.25) is 4.79 Å². The van der Waals surface area contributed by atoms with Crippen molar-refractivity contribution in [2.24, 2.45) is 5.92 Å². The van der Waals surface area contributed by atoms with Crippen LogP contribution in [0.5, 0.6) is 0 Å². The number of aliphatic hydroxyl groups is 1. The van der Waals surface area contributed by atoms with Crippen LogP contribution < -0.4 is 5.32 Å². The lowest BCUT2D eigenvalue weighted by Gasteiger charge is -2.18. The summed E-state index contributed by atoms with van der Waals surface area (Å²) in [7, 11) is 0. The third-order valence-corrected chi connectivity index (χ3v) is 5.29. The molecule has 4 heteroatoms. The maximum atomic E-state index is 12.4. The molecule has 1 aliphatic rings. The summed E-state index contributed by atoms with van der Waals surface area (Å²) in [6.45, 7) is 0.343. The number of nitrogens with one attached hydrogen (secondary N) is 1. The first-order valence-electron chi connectivity index (χ1n) is 7.85. The van der Waals surface area contributed by atoms with Gasteiger partial charge in [-0.2, -0.15) is 0 Å². The fourth-order valence-electron chi connectivity index (χ4n) is 3.12. The molecule has 1 heterocycles. The monoisotopic (exact) mass is 315 g/mol. The van der Waals surface area contributed by atoms with Crippen LogP contribution in [0.25, 0.3) is 11.1 Å². The van der Waals surface area contributed by atoms with Crippen LogP contribution >= 0.6 is 11.3 Å². The molecular formula is C18H21NO2S. The van der Waals surface area contributed by atoms with Crippen LogP contribution in [0.15, 0.2) is 41.8 Å². The van der Waals surface area contributed by atoms with E-state index in [-0.39, 0.29) is 5.91 Å². The zero-order valence-electron chi connectivity index (χ0n) is 12.5. The average molecular weight is 315 g/mol. The van der Waals surface area contributed by atoms with E-state index in [2.05, 4.69) is 5.32 Å². The minimum atomic E-state index is -0.424. The van der Waals surface area contributed by atoms with Gasteiger partial charge in [-0.05, 0) is 35.8 Å². The number of rotatable bonds is 5. The molecule has 0 bridgehead atoms. The quantitative estimate of drug-likeness (QED) is 0.884. The van der Waals surface area contributed by atoms with Gasteiger partial charge in [-0.25, -0.2) is 0 Å². The van der Waals surface area contributed by atoms with E-state index in [4.69, 9.17) is 0 Å². The van der Waals surface area contributed by atoms with Crippen molar-refractivity contribution in [3.8, 4) is 11.1 Å². The van der Waals surface area contributed by atoms with Crippen LogP contribution in [0, 0.1) is 5.92 Å². The largest absolute Gasteiger partial charge is 0.391 e. The summed E-state index contributed by atoms with van der Waals surface area (Å²) >= 11 is 1.44. The molecule has 1 aliphatic carbocycles. The second-order valence-corrected chi connectivity index (χ2v) is 6.77. The molecule has 0 saturated heterocycles. The van der Waals surface area contributed by atoms with Gasteiger partial charge in [0, 0.05) is 12.1 Å². The number of hydrogen-bond donors (Lipinski definition) is 2. The molecule has 3 nitrogen and oxygen atoms in total. The number of carbonyl (C=O) groups is 1. The zero-order chi connectivity index (χ0) is 15.4. The molecule has 1 aromatic heterocycles. The van der Waals surface area contributed by atoms with E-state index in [9.17, 15) is 9.90 Å². The Morgan fingerprint density at radius 3 is 2.68 bits per heavy atom. The maximum Gasteiger partial charge on any atom is 0.262 e. The van der Waals surface area contributed by atoms with Crippen LogP contribution in [-0.2, 0) is 0 Å². The predicted octanol–water partition coefficient (Wildman–Crippen LogP) is 3.70. The number of benzene rings is 1. The fraction of sp³-hybridized carbons (Fsp3) is 0.389. The molecule has 22 heavy (non-hydrogen) atoms. The highest BCUT2D eigenvalue weighted by Gasteiger charge is 2.24. The van der Waals surface area contributed by atoms with Crippen molar-refractivity contribution in [1.29, 1.82) is 0 Å². The standard InChI is InChI=1S/C18H21NO2S/c20-16(14-8-4-5-9-14)12-19-18(21)17-15(10-11-22-17)13-6-2-1-3-7-13/h1-3,6-7,10-11,14,16,20H,4-5,8-9,12H2,(H,19,21). The Kier molecular flexibility index (Phi) is 4.90. The van der Waals surface area contributed by atoms with E-state index in [1.54, 1.807) is 0 Å². The van der Waals surface area contributed by atoms with Gasteiger partial charge in [-0.1, -0.05) is 43.2 Å². The first kappa shape index (κ1) is 15.3. The highest BCUT2D eigenvalue weighted by atomic mass is 32.1. The van der Waals surface area contributed by atoms with E-state index >= 15 is 0 Å². The third kappa shape index (κ3) is 3.39. The summed E-state index contributed by atoms with van der Waals surface area (Å²) in [6.07, 6.45) is 4.11. The Labute approximate surface area is 135 Å². The molecule has 1 amide bonds. The van der Waals surface area contributed by atoms with Crippen LogP contribution in [0.2, 0.25) is 0 Å². The Morgan fingerprint density at radius 1 is 1.23 bits per heavy atom. The van der Waals surface area contributed by atoms with Crippen molar-refractivity contribution < 1.29 is 9.90 Å². The summed E-state index contributed by atoms with van der Waals surface area (Å²) in [5.74, 6) is 0.253. The maximum absolute atomic E-state index is 12.4. The SMILES string of the molecule is O=C(NCC(O)C1CCCC1)c1sccc1-c1ccccc1. The third-order valence-electron chi connectivity index (χ3n) is 4.37. The van der Waals surface area contributed by atoms with E-state index in [1.807, 2.05) is 41.8 Å². The lowest BCUT2D eigenvalue weighted by Crippen LogP contribution is -2.35. The van der Waals surface area contributed by atoms with Crippen LogP contribution in [0.3, 0.4) is 0 Å². The molecule has 2 aromatic rings. The summed E-state index contributed by atoms with van der Waals surface area (Å²) in [4.78, 5) is 13.1. The van der Waals surface area contributed by atoms with Gasteiger partial charge in [0.2, 0.25) is 0 Å². The number of carbonyl (C=O) groups excluding carboxylic acids is 1. The molecule has 1 unspecified atom stereocenters. The summed E-state index contributed by atoms with van der Waals surface area (Å²) in [5.41, 5.74) is 2.00. The summed E-state index contributed by atoms with van der Waals surface area (Å²) < 4.78 is 0. The van der Waals surface area contributed by atoms with Gasteiger partial charge in [0.15, 0.2) is 0 Å². The van der Waals surface area contributed by atoms with Crippen molar-refractivity contribution in [1.82, 2.24) is 5.32 Å². The van der Waals surface area contributed by atoms with Crippen molar-refractivity contribution in [3.05, 3.63) is 46.7 Å². The smallest absolute Gasteiger partial charge is 0.262 e. The number of aliphatic hydroxyl groups excluding tert-OH is 1. The average Bonchev–Trinajstić information content (AvgIpc) is 3.24. The van der Waals surface area contributed by atoms with Gasteiger partial charge in [0.25, 0.3) is 5.91 Å². The fourth-order valence-corrected chi connectivity index (χ4v) is 3.95. The molecule has 3 rings (SSSR count). The number of hydrogen-bond acceptors (Lipinski definition) is 3. The number of amides is 1. The normalized spacial score (nSPS) is 16.6. The topological polar surface area (TPSA) is 49.3 Å². The highest BCUT2D eigenvalue weighted by Crippen LogP contribution is 2.29. The molecule has 0 aliphatic heterocycles. The second kappa shape index (κ2) is 7.07. The van der Waals surface area contributed by atoms with Gasteiger partial charge in [-0.15, -0.1) is 11.3 Å². The lowest BCUT2D eigenvalue weighted by atomic mass is 10.0. The minimum Gasteiger partial charge on any atom is -0.391 e. The number of thiophene rings is 1. The first-order chi connectivity index (χ1) is 10.8. The van der Waals surface area contributed by atoms with Crippen LogP contribution in [0.1, 0.15) is 35.4 Å². The molecule has 1 fully saturated rings. The van der Waals surface area contributed by atoms with Crippen molar-refractivity contribution in [2.75, 3.05) is 6.54 Å². The van der Waals surface area contributed by atoms with Crippen molar-refractivity contribution >= 4 is 17.2 Å². The molecule has 0 spiro atoms. The molecule has 116 valence electrons. The van der Waals surface area contributed by atoms with Crippen LogP contribution in [-0.4, -0.2) is 23.7 Å². The second-order valence-electron chi connectivity index (χ2n) is 5.85. The molecule has 0 radical (unpaired) electrons. The van der Waals surface area contributed by atoms with E-state index in [0.717, 1.165) is 24.0 Å². The minimum absolute atomic E-state index is 0.0918. The predicted molar refractivity (Wildman–Crippen MR) is 90.1 cm³/mol. The first-order valence-corrected chi connectivity index (χ1v) is 8.73. The zero-order valence-corrected chi connectivity index (χ0v) is 13.3. The van der Waals surface area contributed by atoms with E-state index in [0.29, 0.717) is 17.3 Å². The molecule has 1 saturated carbocycles. The van der Waals surface area contributed by atoms with Gasteiger partial charge in [0.05, 0.1) is 11.0 Å². The molecule has 1 atom stereocenters. The Hall–Kier alpha value is -1.65. The van der Waals surface area contributed by atoms with Gasteiger partial charge < -0.3 is 10.4 Å². The Bertz CT molecular complexity index is 617. The summed E-state index contributed by atoms with van der Waals surface area (Å²) in [5, 5.41) is 15.0. The molecular weight excluding hydrogens is 294 g/mol. The van der Waals surface area contributed by atoms with Crippen molar-refractivity contribution in [2.45, 2.75) is 31.8 Å². The Morgan fingerprint density at radius 2 is 1.95 bits per heavy atom.